The monoisotopic (exact) mass is 357 g/mol. The minimum atomic E-state index is 0.506. The second kappa shape index (κ2) is 7.99. The molecule has 3 aromatic rings. The number of aromatic amines is 1. The van der Waals surface area contributed by atoms with E-state index in [2.05, 4.69) is 25.7 Å². The zero-order valence-electron chi connectivity index (χ0n) is 13.0. The van der Waals surface area contributed by atoms with Crippen LogP contribution in [0.5, 0.6) is 0 Å². The van der Waals surface area contributed by atoms with Crippen LogP contribution in [0.1, 0.15) is 18.1 Å². The van der Waals surface area contributed by atoms with E-state index in [4.69, 9.17) is 11.6 Å². The molecule has 0 saturated heterocycles. The fourth-order valence-electron chi connectivity index (χ4n) is 2.00. The molecule has 7 heteroatoms. The van der Waals surface area contributed by atoms with Gasteiger partial charge < -0.3 is 0 Å². The molecule has 0 aliphatic heterocycles. The summed E-state index contributed by atoms with van der Waals surface area (Å²) in [5.74, 6) is 1.22. The molecule has 5 nitrogen and oxygen atoms in total. The Bertz CT molecular complexity index is 832. The van der Waals surface area contributed by atoms with Crippen LogP contribution in [0.4, 0.5) is 5.95 Å². The van der Waals surface area contributed by atoms with Crippen molar-refractivity contribution in [2.75, 3.05) is 5.43 Å². The molecule has 0 unspecified atom stereocenters. The Hall–Kier alpha value is -2.31. The van der Waals surface area contributed by atoms with E-state index in [1.165, 1.54) is 11.8 Å². The molecule has 0 atom stereocenters. The van der Waals surface area contributed by atoms with Crippen molar-refractivity contribution in [3.63, 3.8) is 0 Å². The molecule has 0 aliphatic carbocycles. The van der Waals surface area contributed by atoms with Crippen molar-refractivity contribution >= 4 is 35.0 Å². The highest BCUT2D eigenvalue weighted by molar-refractivity contribution is 7.98. The maximum Gasteiger partial charge on any atom is 0.240 e. The van der Waals surface area contributed by atoms with Crippen LogP contribution in [0, 0.1) is 0 Å². The lowest BCUT2D eigenvalue weighted by atomic mass is 10.1. The van der Waals surface area contributed by atoms with Crippen molar-refractivity contribution in [2.45, 2.75) is 17.8 Å². The summed E-state index contributed by atoms with van der Waals surface area (Å²) < 4.78 is 0. The van der Waals surface area contributed by atoms with Crippen LogP contribution >= 0.6 is 23.4 Å². The molecular weight excluding hydrogens is 342 g/mol. The van der Waals surface area contributed by atoms with Crippen molar-refractivity contribution in [3.8, 4) is 0 Å². The Morgan fingerprint density at radius 3 is 2.71 bits per heavy atom. The van der Waals surface area contributed by atoms with Crippen molar-refractivity contribution in [1.82, 2.24) is 15.2 Å². The van der Waals surface area contributed by atoms with E-state index in [9.17, 15) is 0 Å². The van der Waals surface area contributed by atoms with Gasteiger partial charge in [0.1, 0.15) is 0 Å². The first-order chi connectivity index (χ1) is 11.7. The third kappa shape index (κ3) is 4.37. The molecule has 0 radical (unpaired) electrons. The first kappa shape index (κ1) is 16.5. The number of H-pyrrole nitrogens is 1. The van der Waals surface area contributed by atoms with Crippen LogP contribution in [-0.4, -0.2) is 20.9 Å². The molecule has 1 aromatic heterocycles. The van der Waals surface area contributed by atoms with E-state index in [0.29, 0.717) is 16.9 Å². The second-order valence-corrected chi connectivity index (χ2v) is 6.37. The summed E-state index contributed by atoms with van der Waals surface area (Å²) in [6.07, 6.45) is 0. The van der Waals surface area contributed by atoms with Gasteiger partial charge in [0.15, 0.2) is 0 Å². The number of halogens is 1. The first-order valence-corrected chi connectivity index (χ1v) is 8.73. The Kier molecular flexibility index (Phi) is 5.51. The van der Waals surface area contributed by atoms with Gasteiger partial charge in [0.25, 0.3) is 0 Å². The fourth-order valence-corrected chi connectivity index (χ4v) is 3.08. The summed E-state index contributed by atoms with van der Waals surface area (Å²) >= 11 is 7.66. The molecule has 0 amide bonds. The van der Waals surface area contributed by atoms with Crippen LogP contribution in [0.2, 0.25) is 5.02 Å². The number of nitrogens with one attached hydrogen (secondary N) is 2. The zero-order chi connectivity index (χ0) is 16.8. The van der Waals surface area contributed by atoms with Gasteiger partial charge in [-0.15, -0.1) is 5.10 Å². The van der Waals surface area contributed by atoms with Gasteiger partial charge in [-0.2, -0.15) is 10.1 Å². The predicted molar refractivity (Wildman–Crippen MR) is 99.7 cm³/mol. The minimum absolute atomic E-state index is 0.506. The number of benzene rings is 2. The Morgan fingerprint density at radius 2 is 1.92 bits per heavy atom. The lowest BCUT2D eigenvalue weighted by Crippen LogP contribution is -2.00. The maximum absolute atomic E-state index is 6.15. The largest absolute Gasteiger partial charge is 0.245 e. The van der Waals surface area contributed by atoms with Gasteiger partial charge in [0.05, 0.1) is 5.71 Å². The number of anilines is 1. The average Bonchev–Trinajstić information content (AvgIpc) is 3.08. The summed E-state index contributed by atoms with van der Waals surface area (Å²) in [6, 6.07) is 17.7. The number of hydrogen-bond acceptors (Lipinski definition) is 5. The van der Waals surface area contributed by atoms with E-state index >= 15 is 0 Å². The van der Waals surface area contributed by atoms with Crippen LogP contribution in [-0.2, 0) is 5.75 Å². The van der Waals surface area contributed by atoms with Gasteiger partial charge in [-0.1, -0.05) is 71.9 Å². The number of nitrogens with zero attached hydrogens (tertiary/aromatic N) is 3. The van der Waals surface area contributed by atoms with E-state index < -0.39 is 0 Å². The van der Waals surface area contributed by atoms with Crippen molar-refractivity contribution in [1.29, 1.82) is 0 Å². The van der Waals surface area contributed by atoms with Crippen LogP contribution in [0.15, 0.2) is 64.9 Å². The van der Waals surface area contributed by atoms with E-state index in [1.54, 1.807) is 0 Å². The number of thioether (sulfide) groups is 1. The highest BCUT2D eigenvalue weighted by Gasteiger charge is 2.06. The SMILES string of the molecule is C/C(=N\Nc1nc(SCc2ccccc2Cl)n[nH]1)c1ccccc1. The average molecular weight is 358 g/mol. The Balaban J connectivity index is 1.59. The second-order valence-electron chi connectivity index (χ2n) is 5.02. The van der Waals surface area contributed by atoms with Crippen LogP contribution in [0.25, 0.3) is 0 Å². The molecule has 0 spiro atoms. The van der Waals surface area contributed by atoms with E-state index in [1.807, 2.05) is 61.5 Å². The van der Waals surface area contributed by atoms with Crippen molar-refractivity contribution in [2.24, 2.45) is 5.10 Å². The van der Waals surface area contributed by atoms with Crippen molar-refractivity contribution < 1.29 is 0 Å². The van der Waals surface area contributed by atoms with Crippen LogP contribution in [0.3, 0.4) is 0 Å². The maximum atomic E-state index is 6.15. The molecule has 24 heavy (non-hydrogen) atoms. The standard InChI is InChI=1S/C17H16ClN5S/c1-12(13-7-3-2-4-8-13)20-21-16-19-17(23-22-16)24-11-14-9-5-6-10-15(14)18/h2-10H,11H2,1H3,(H2,19,21,22,23)/b20-12+. The third-order valence-corrected chi connectivity index (χ3v) is 4.57. The Labute approximate surface area is 149 Å². The first-order valence-electron chi connectivity index (χ1n) is 7.37. The fraction of sp³-hybridized carbons (Fsp3) is 0.118. The van der Waals surface area contributed by atoms with E-state index in [0.717, 1.165) is 21.9 Å². The zero-order valence-corrected chi connectivity index (χ0v) is 14.6. The van der Waals surface area contributed by atoms with E-state index in [-0.39, 0.29) is 0 Å². The summed E-state index contributed by atoms with van der Waals surface area (Å²) in [7, 11) is 0. The highest BCUT2D eigenvalue weighted by Crippen LogP contribution is 2.24. The summed E-state index contributed by atoms with van der Waals surface area (Å²) in [6.45, 7) is 1.94. The normalized spacial score (nSPS) is 11.5. The number of hydrazone groups is 1. The van der Waals surface area contributed by atoms with Crippen LogP contribution < -0.4 is 5.43 Å². The third-order valence-electron chi connectivity index (χ3n) is 3.30. The molecule has 0 fully saturated rings. The highest BCUT2D eigenvalue weighted by atomic mass is 35.5. The number of rotatable bonds is 6. The van der Waals surface area contributed by atoms with Gasteiger partial charge in [-0.25, -0.2) is 10.5 Å². The van der Waals surface area contributed by atoms with Gasteiger partial charge >= 0.3 is 0 Å². The Morgan fingerprint density at radius 1 is 1.17 bits per heavy atom. The van der Waals surface area contributed by atoms with Gasteiger partial charge in [-0.3, -0.25) is 0 Å². The molecule has 1 heterocycles. The lowest BCUT2D eigenvalue weighted by Gasteiger charge is -2.01. The molecule has 122 valence electrons. The number of aromatic nitrogens is 3. The van der Waals surface area contributed by atoms with Crippen molar-refractivity contribution in [3.05, 3.63) is 70.7 Å². The molecule has 0 aliphatic rings. The number of hydrogen-bond donors (Lipinski definition) is 2. The topological polar surface area (TPSA) is 66.0 Å². The van der Waals surface area contributed by atoms with Gasteiger partial charge in [0, 0.05) is 10.8 Å². The van der Waals surface area contributed by atoms with Gasteiger partial charge in [0.2, 0.25) is 11.1 Å². The minimum Gasteiger partial charge on any atom is -0.245 e. The molecule has 2 aromatic carbocycles. The molecule has 0 saturated carbocycles. The molecule has 2 N–H and O–H groups in total. The smallest absolute Gasteiger partial charge is 0.240 e. The molecular formula is C17H16ClN5S. The quantitative estimate of drug-likeness (QED) is 0.385. The van der Waals surface area contributed by atoms with Gasteiger partial charge in [-0.05, 0) is 24.1 Å². The molecule has 3 rings (SSSR count). The lowest BCUT2D eigenvalue weighted by molar-refractivity contribution is 0.972. The summed E-state index contributed by atoms with van der Waals surface area (Å²) in [5.41, 5.74) is 5.88. The predicted octanol–water partition coefficient (Wildman–Crippen LogP) is 4.59. The molecule has 0 bridgehead atoms. The summed E-state index contributed by atoms with van der Waals surface area (Å²) in [5, 5.41) is 12.7. The summed E-state index contributed by atoms with van der Waals surface area (Å²) in [4.78, 5) is 4.36.